The van der Waals surface area contributed by atoms with Crippen molar-refractivity contribution in [2.45, 2.75) is 50.6 Å². The van der Waals surface area contributed by atoms with Crippen LogP contribution >= 0.6 is 7.92 Å². The lowest BCUT2D eigenvalue weighted by molar-refractivity contribution is 0.691. The van der Waals surface area contributed by atoms with Crippen molar-refractivity contribution in [3.8, 4) is 0 Å². The van der Waals surface area contributed by atoms with Gasteiger partial charge in [-0.15, -0.1) is 0 Å². The first-order valence-corrected chi connectivity index (χ1v) is 11.1. The van der Waals surface area contributed by atoms with Crippen LogP contribution in [0.25, 0.3) is 0 Å². The van der Waals surface area contributed by atoms with E-state index in [0.29, 0.717) is 5.66 Å². The normalized spacial score (nSPS) is 21.9. The largest absolute Gasteiger partial charge is 0.0885 e. The molecule has 1 atom stereocenters. The maximum Gasteiger partial charge on any atom is 0.00536 e. The topological polar surface area (TPSA) is 0 Å². The molecular formula is C24H29P. The van der Waals surface area contributed by atoms with Gasteiger partial charge in [0.05, 0.1) is 0 Å². The lowest BCUT2D eigenvalue weighted by atomic mass is 10.1. The lowest BCUT2D eigenvalue weighted by Gasteiger charge is -2.26. The average molecular weight is 348 g/mol. The number of hydrogen-bond donors (Lipinski definition) is 0. The summed E-state index contributed by atoms with van der Waals surface area (Å²) in [4.78, 5) is 0. The second-order valence-corrected chi connectivity index (χ2v) is 9.16. The van der Waals surface area contributed by atoms with Gasteiger partial charge in [-0.3, -0.25) is 0 Å². The van der Waals surface area contributed by atoms with Gasteiger partial charge in [0.15, 0.2) is 0 Å². The van der Waals surface area contributed by atoms with Crippen LogP contribution in [0.15, 0.2) is 85.0 Å². The first-order valence-electron chi connectivity index (χ1n) is 9.66. The van der Waals surface area contributed by atoms with Crippen LogP contribution in [-0.4, -0.2) is 5.66 Å². The third-order valence-electron chi connectivity index (χ3n) is 4.80. The predicted molar refractivity (Wildman–Crippen MR) is 113 cm³/mol. The van der Waals surface area contributed by atoms with Gasteiger partial charge >= 0.3 is 0 Å². The average Bonchev–Trinajstić information content (AvgIpc) is 2.66. The zero-order valence-corrected chi connectivity index (χ0v) is 16.0. The van der Waals surface area contributed by atoms with Gasteiger partial charge < -0.3 is 0 Å². The van der Waals surface area contributed by atoms with Gasteiger partial charge in [-0.25, -0.2) is 0 Å². The van der Waals surface area contributed by atoms with Crippen molar-refractivity contribution < 1.29 is 0 Å². The summed E-state index contributed by atoms with van der Waals surface area (Å²) < 4.78 is 0. The second kappa shape index (κ2) is 10.4. The van der Waals surface area contributed by atoms with Crippen LogP contribution in [0, 0.1) is 0 Å². The van der Waals surface area contributed by atoms with E-state index in [1.807, 2.05) is 0 Å². The Morgan fingerprint density at radius 1 is 0.600 bits per heavy atom. The van der Waals surface area contributed by atoms with E-state index in [0.717, 1.165) is 0 Å². The summed E-state index contributed by atoms with van der Waals surface area (Å²) in [5.41, 5.74) is 0.615. The smallest absolute Gasteiger partial charge is 0.00536 e. The Labute approximate surface area is 154 Å². The molecule has 0 amide bonds. The molecule has 0 aliphatic heterocycles. The molecule has 25 heavy (non-hydrogen) atoms. The van der Waals surface area contributed by atoms with Gasteiger partial charge in [0.1, 0.15) is 0 Å². The van der Waals surface area contributed by atoms with Crippen LogP contribution in [0.5, 0.6) is 0 Å². The number of benzene rings is 2. The molecule has 0 spiro atoms. The predicted octanol–water partition coefficient (Wildman–Crippen LogP) is 6.34. The summed E-state index contributed by atoms with van der Waals surface area (Å²) in [6.45, 7) is 0. The van der Waals surface area contributed by atoms with E-state index < -0.39 is 0 Å². The molecule has 0 aromatic heterocycles. The van der Waals surface area contributed by atoms with Crippen LogP contribution < -0.4 is 10.6 Å². The Bertz CT molecular complexity index is 618. The maximum atomic E-state index is 2.53. The molecule has 0 unspecified atom stereocenters. The van der Waals surface area contributed by atoms with Crippen molar-refractivity contribution in [1.29, 1.82) is 0 Å². The Morgan fingerprint density at radius 3 is 1.80 bits per heavy atom. The minimum absolute atomic E-state index is 0.354. The molecule has 3 rings (SSSR count). The second-order valence-electron chi connectivity index (χ2n) is 6.72. The van der Waals surface area contributed by atoms with Crippen molar-refractivity contribution in [2.75, 3.05) is 0 Å². The van der Waals surface area contributed by atoms with Gasteiger partial charge in [-0.2, -0.15) is 0 Å². The minimum Gasteiger partial charge on any atom is -0.0885 e. The summed E-state index contributed by atoms with van der Waals surface area (Å²) in [6.07, 6.45) is 18.7. The van der Waals surface area contributed by atoms with Crippen LogP contribution in [0.2, 0.25) is 0 Å². The molecule has 0 N–H and O–H groups in total. The molecule has 0 bridgehead atoms. The summed E-state index contributed by atoms with van der Waals surface area (Å²) >= 11 is 0. The molecule has 130 valence electrons. The Kier molecular flexibility index (Phi) is 7.53. The van der Waals surface area contributed by atoms with E-state index in [-0.39, 0.29) is 7.92 Å². The van der Waals surface area contributed by atoms with E-state index in [1.165, 1.54) is 55.6 Å². The van der Waals surface area contributed by atoms with Gasteiger partial charge in [0, 0.05) is 5.66 Å². The Balaban J connectivity index is 1.90. The maximum absolute atomic E-state index is 2.53. The van der Waals surface area contributed by atoms with Crippen molar-refractivity contribution in [3.05, 3.63) is 85.0 Å². The fraction of sp³-hybridized carbons (Fsp3) is 0.333. The fourth-order valence-corrected chi connectivity index (χ4v) is 6.23. The molecule has 0 radical (unpaired) electrons. The van der Waals surface area contributed by atoms with Crippen molar-refractivity contribution >= 4 is 18.5 Å². The highest BCUT2D eigenvalue weighted by molar-refractivity contribution is 7.73. The SMILES string of the molecule is C1=C\CC[C@H](P(c2ccccc2)c2ccccc2)/C=C\CCCCC/1. The third-order valence-corrected chi connectivity index (χ3v) is 7.60. The molecule has 0 heterocycles. The molecule has 0 saturated carbocycles. The molecule has 0 fully saturated rings. The zero-order valence-electron chi connectivity index (χ0n) is 15.1. The van der Waals surface area contributed by atoms with Crippen LogP contribution in [0.3, 0.4) is 0 Å². The molecule has 0 nitrogen and oxygen atoms in total. The van der Waals surface area contributed by atoms with Crippen LogP contribution in [0.1, 0.15) is 44.9 Å². The van der Waals surface area contributed by atoms with E-state index in [9.17, 15) is 0 Å². The van der Waals surface area contributed by atoms with E-state index in [1.54, 1.807) is 0 Å². The van der Waals surface area contributed by atoms with Gasteiger partial charge in [-0.05, 0) is 57.1 Å². The first kappa shape index (κ1) is 18.2. The van der Waals surface area contributed by atoms with Gasteiger partial charge in [-0.1, -0.05) is 91.4 Å². The highest BCUT2D eigenvalue weighted by Crippen LogP contribution is 2.42. The summed E-state index contributed by atoms with van der Waals surface area (Å²) in [6, 6.07) is 22.3. The summed E-state index contributed by atoms with van der Waals surface area (Å²) in [7, 11) is -0.354. The summed E-state index contributed by atoms with van der Waals surface area (Å²) in [5, 5.41) is 2.99. The first-order chi connectivity index (χ1) is 12.4. The molecule has 1 heteroatoms. The van der Waals surface area contributed by atoms with E-state index >= 15 is 0 Å². The third kappa shape index (κ3) is 5.68. The van der Waals surface area contributed by atoms with Crippen LogP contribution in [0.4, 0.5) is 0 Å². The van der Waals surface area contributed by atoms with Crippen molar-refractivity contribution in [1.82, 2.24) is 0 Å². The molecule has 1 aliphatic rings. The van der Waals surface area contributed by atoms with Crippen molar-refractivity contribution in [2.24, 2.45) is 0 Å². The van der Waals surface area contributed by atoms with Crippen LogP contribution in [-0.2, 0) is 0 Å². The molecular weight excluding hydrogens is 319 g/mol. The number of rotatable bonds is 3. The van der Waals surface area contributed by atoms with E-state index in [2.05, 4.69) is 85.0 Å². The Hall–Kier alpha value is -1.65. The lowest BCUT2D eigenvalue weighted by Crippen LogP contribution is -2.20. The molecule has 2 aromatic rings. The van der Waals surface area contributed by atoms with Gasteiger partial charge in [0.2, 0.25) is 0 Å². The highest BCUT2D eigenvalue weighted by Gasteiger charge is 2.21. The van der Waals surface area contributed by atoms with Crippen molar-refractivity contribution in [3.63, 3.8) is 0 Å². The molecule has 1 aliphatic carbocycles. The Morgan fingerprint density at radius 2 is 1.16 bits per heavy atom. The number of hydrogen-bond acceptors (Lipinski definition) is 0. The quantitative estimate of drug-likeness (QED) is 0.448. The minimum atomic E-state index is -0.354. The zero-order chi connectivity index (χ0) is 17.2. The monoisotopic (exact) mass is 348 g/mol. The number of allylic oxidation sites excluding steroid dienone is 4. The standard InChI is InChI=1S/C24H29P/c1-2-4-6-10-16-22(17-11-7-5-3-1)25(23-18-12-8-13-19-23)24-20-14-9-15-21-24/h4,6,8-9,11-15,17-22H,1-3,5,7,10,16H2/b6-4-,17-11-/t22-/m0/s1. The van der Waals surface area contributed by atoms with E-state index in [4.69, 9.17) is 0 Å². The molecule has 0 saturated heterocycles. The fourth-order valence-electron chi connectivity index (χ4n) is 3.48. The molecule has 2 aromatic carbocycles. The summed E-state index contributed by atoms with van der Waals surface area (Å²) in [5.74, 6) is 0. The van der Waals surface area contributed by atoms with Gasteiger partial charge in [0.25, 0.3) is 0 Å². The highest BCUT2D eigenvalue weighted by atomic mass is 31.1.